The summed E-state index contributed by atoms with van der Waals surface area (Å²) in [5, 5.41) is 12.5. The first-order chi connectivity index (χ1) is 13.8. The lowest BCUT2D eigenvalue weighted by molar-refractivity contribution is -0.165. The van der Waals surface area contributed by atoms with Crippen molar-refractivity contribution in [1.29, 1.82) is 0 Å². The number of pyridine rings is 1. The van der Waals surface area contributed by atoms with Crippen LogP contribution in [0.5, 0.6) is 0 Å². The molecule has 6 rings (SSSR count). The van der Waals surface area contributed by atoms with E-state index < -0.39 is 0 Å². The zero-order valence-electron chi connectivity index (χ0n) is 15.4. The molecule has 4 aromatic rings. The minimum atomic E-state index is 0.184. The van der Waals surface area contributed by atoms with Gasteiger partial charge in [0.25, 0.3) is 0 Å². The van der Waals surface area contributed by atoms with Crippen molar-refractivity contribution in [3.63, 3.8) is 0 Å². The summed E-state index contributed by atoms with van der Waals surface area (Å²) in [5.74, 6) is 0.686. The lowest BCUT2D eigenvalue weighted by atomic mass is 9.77. The lowest BCUT2D eigenvalue weighted by Crippen LogP contribution is -2.48. The molecule has 1 spiro atoms. The van der Waals surface area contributed by atoms with Crippen molar-refractivity contribution in [3.8, 4) is 11.1 Å². The Balaban J connectivity index is 1.24. The highest BCUT2D eigenvalue weighted by molar-refractivity contribution is 5.93. The van der Waals surface area contributed by atoms with Crippen LogP contribution in [-0.2, 0) is 4.74 Å². The van der Waals surface area contributed by atoms with Crippen molar-refractivity contribution in [2.75, 3.05) is 11.9 Å². The SMILES string of the molecule is c1cc2nncn2cc1-c1c[nH]c2nc(N[C@H]3CC[C@]4(CCO4)CC3)ncc12. The highest BCUT2D eigenvalue weighted by Crippen LogP contribution is 2.41. The molecule has 8 heteroatoms. The largest absolute Gasteiger partial charge is 0.375 e. The molecule has 0 bridgehead atoms. The number of aromatic nitrogens is 6. The van der Waals surface area contributed by atoms with E-state index in [1.54, 1.807) is 6.33 Å². The van der Waals surface area contributed by atoms with Crippen LogP contribution in [0.25, 0.3) is 27.8 Å². The Morgan fingerprint density at radius 1 is 1.21 bits per heavy atom. The number of fused-ring (bicyclic) bond motifs is 2. The number of nitrogens with zero attached hydrogens (tertiary/aromatic N) is 5. The number of hydrogen-bond acceptors (Lipinski definition) is 6. The van der Waals surface area contributed by atoms with Crippen LogP contribution in [0.4, 0.5) is 5.95 Å². The topological polar surface area (TPSA) is 93.0 Å². The monoisotopic (exact) mass is 375 g/mol. The van der Waals surface area contributed by atoms with E-state index in [1.165, 1.54) is 6.42 Å². The van der Waals surface area contributed by atoms with Crippen LogP contribution in [0, 0.1) is 0 Å². The van der Waals surface area contributed by atoms with Crippen molar-refractivity contribution in [3.05, 3.63) is 37.1 Å². The standard InChI is InChI=1S/C20H21N7O/c1-2-17-26-23-12-27(17)11-13(1)15-9-21-18-16(15)10-22-19(25-18)24-14-3-5-20(6-4-14)7-8-28-20/h1-2,9-12,14H,3-8H2,(H2,21,22,24,25)/t14-,20+. The highest BCUT2D eigenvalue weighted by Gasteiger charge is 2.41. The molecule has 2 aliphatic rings. The molecule has 1 saturated heterocycles. The highest BCUT2D eigenvalue weighted by atomic mass is 16.5. The first kappa shape index (κ1) is 16.0. The van der Waals surface area contributed by atoms with Gasteiger partial charge in [-0.05, 0) is 44.2 Å². The van der Waals surface area contributed by atoms with E-state index in [-0.39, 0.29) is 5.60 Å². The van der Waals surface area contributed by atoms with Gasteiger partial charge in [-0.25, -0.2) is 4.98 Å². The maximum Gasteiger partial charge on any atom is 0.224 e. The van der Waals surface area contributed by atoms with Crippen LogP contribution in [0.15, 0.2) is 37.1 Å². The fourth-order valence-corrected chi connectivity index (χ4v) is 4.46. The molecule has 1 aliphatic heterocycles. The van der Waals surface area contributed by atoms with Crippen molar-refractivity contribution >= 4 is 22.6 Å². The molecule has 4 aromatic heterocycles. The predicted molar refractivity (Wildman–Crippen MR) is 105 cm³/mol. The Morgan fingerprint density at radius 2 is 2.11 bits per heavy atom. The van der Waals surface area contributed by atoms with Crippen LogP contribution >= 0.6 is 0 Å². The van der Waals surface area contributed by atoms with E-state index in [0.29, 0.717) is 12.0 Å². The maximum atomic E-state index is 5.81. The molecule has 0 atom stereocenters. The van der Waals surface area contributed by atoms with Crippen molar-refractivity contribution in [2.45, 2.75) is 43.7 Å². The van der Waals surface area contributed by atoms with Gasteiger partial charge in [0.05, 0.1) is 12.2 Å². The Labute approximate surface area is 161 Å². The van der Waals surface area contributed by atoms with Crippen LogP contribution in [0.2, 0.25) is 0 Å². The molecule has 2 fully saturated rings. The number of nitrogens with one attached hydrogen (secondary N) is 2. The first-order valence-electron chi connectivity index (χ1n) is 9.82. The van der Waals surface area contributed by atoms with Gasteiger partial charge in [0.15, 0.2) is 5.65 Å². The molecule has 0 unspecified atom stereocenters. The number of rotatable bonds is 3. The number of hydrogen-bond donors (Lipinski definition) is 2. The van der Waals surface area contributed by atoms with Crippen molar-refractivity contribution < 1.29 is 4.74 Å². The number of ether oxygens (including phenoxy) is 1. The number of aromatic amines is 1. The van der Waals surface area contributed by atoms with Gasteiger partial charge in [0, 0.05) is 41.1 Å². The second kappa shape index (κ2) is 6.00. The van der Waals surface area contributed by atoms with E-state index in [0.717, 1.165) is 60.1 Å². The van der Waals surface area contributed by atoms with Gasteiger partial charge in [0.1, 0.15) is 12.0 Å². The van der Waals surface area contributed by atoms with Crippen molar-refractivity contribution in [2.24, 2.45) is 0 Å². The second-order valence-electron chi connectivity index (χ2n) is 7.87. The zero-order chi connectivity index (χ0) is 18.6. The van der Waals surface area contributed by atoms with E-state index in [9.17, 15) is 0 Å². The van der Waals surface area contributed by atoms with Gasteiger partial charge in [-0.2, -0.15) is 4.98 Å². The smallest absolute Gasteiger partial charge is 0.224 e. The summed E-state index contributed by atoms with van der Waals surface area (Å²) in [6.07, 6.45) is 13.3. The van der Waals surface area contributed by atoms with Gasteiger partial charge in [-0.1, -0.05) is 0 Å². The molecule has 142 valence electrons. The average Bonchev–Trinajstić information content (AvgIpc) is 3.33. The molecule has 0 radical (unpaired) electrons. The molecule has 8 nitrogen and oxygen atoms in total. The van der Waals surface area contributed by atoms with E-state index in [2.05, 4.69) is 25.5 Å². The van der Waals surface area contributed by atoms with E-state index in [1.807, 2.05) is 35.1 Å². The summed E-state index contributed by atoms with van der Waals surface area (Å²) in [4.78, 5) is 12.6. The van der Waals surface area contributed by atoms with Crippen molar-refractivity contribution in [1.82, 2.24) is 29.5 Å². The molecular weight excluding hydrogens is 354 g/mol. The van der Waals surface area contributed by atoms with E-state index in [4.69, 9.17) is 9.72 Å². The molecule has 1 aliphatic carbocycles. The van der Waals surface area contributed by atoms with E-state index >= 15 is 0 Å². The molecule has 2 N–H and O–H groups in total. The van der Waals surface area contributed by atoms with Gasteiger partial charge in [0.2, 0.25) is 5.95 Å². The minimum absolute atomic E-state index is 0.184. The van der Waals surface area contributed by atoms with Gasteiger partial charge in [-0.15, -0.1) is 10.2 Å². The molecule has 28 heavy (non-hydrogen) atoms. The summed E-state index contributed by atoms with van der Waals surface area (Å²) in [5.41, 5.74) is 3.99. The average molecular weight is 375 g/mol. The molecular formula is C20H21N7O. The summed E-state index contributed by atoms with van der Waals surface area (Å²) in [7, 11) is 0. The normalized spacial score (nSPS) is 24.6. The fraction of sp³-hybridized carbons (Fsp3) is 0.400. The van der Waals surface area contributed by atoms with Crippen LogP contribution < -0.4 is 5.32 Å². The Kier molecular flexibility index (Phi) is 3.43. The zero-order valence-corrected chi connectivity index (χ0v) is 15.4. The number of anilines is 1. The lowest BCUT2D eigenvalue weighted by Gasteiger charge is -2.46. The second-order valence-corrected chi connectivity index (χ2v) is 7.87. The minimum Gasteiger partial charge on any atom is -0.375 e. The summed E-state index contributed by atoms with van der Waals surface area (Å²) < 4.78 is 7.72. The quantitative estimate of drug-likeness (QED) is 0.571. The predicted octanol–water partition coefficient (Wildman–Crippen LogP) is 3.18. The molecule has 0 amide bonds. The summed E-state index contributed by atoms with van der Waals surface area (Å²) >= 11 is 0. The molecule has 0 aromatic carbocycles. The molecule has 5 heterocycles. The third kappa shape index (κ3) is 2.56. The van der Waals surface area contributed by atoms with Gasteiger partial charge < -0.3 is 15.0 Å². The Hall–Kier alpha value is -3.00. The van der Waals surface area contributed by atoms with Gasteiger partial charge in [-0.3, -0.25) is 4.40 Å². The Morgan fingerprint density at radius 3 is 2.93 bits per heavy atom. The maximum absolute atomic E-state index is 5.81. The van der Waals surface area contributed by atoms with Gasteiger partial charge >= 0.3 is 0 Å². The van der Waals surface area contributed by atoms with Crippen LogP contribution in [0.3, 0.4) is 0 Å². The first-order valence-corrected chi connectivity index (χ1v) is 9.82. The third-order valence-corrected chi connectivity index (χ3v) is 6.23. The van der Waals surface area contributed by atoms with Crippen LogP contribution in [0.1, 0.15) is 32.1 Å². The summed E-state index contributed by atoms with van der Waals surface area (Å²) in [6.45, 7) is 0.928. The molecule has 1 saturated carbocycles. The number of H-pyrrole nitrogens is 1. The third-order valence-electron chi connectivity index (χ3n) is 6.23. The Bertz CT molecular complexity index is 1150. The summed E-state index contributed by atoms with van der Waals surface area (Å²) in [6, 6.07) is 4.41. The fourth-order valence-electron chi connectivity index (χ4n) is 4.46. The van der Waals surface area contributed by atoms with Crippen LogP contribution in [-0.4, -0.2) is 47.8 Å².